The minimum Gasteiger partial charge on any atom is -0.481 e. The van der Waals surface area contributed by atoms with Gasteiger partial charge in [-0.2, -0.15) is 0 Å². The summed E-state index contributed by atoms with van der Waals surface area (Å²) in [5.74, 6) is -3.44. The van der Waals surface area contributed by atoms with Crippen LogP contribution in [0, 0.1) is 5.92 Å². The van der Waals surface area contributed by atoms with E-state index in [0.717, 1.165) is 0 Å². The van der Waals surface area contributed by atoms with Gasteiger partial charge in [-0.1, -0.05) is 20.8 Å². The minimum absolute atomic E-state index is 0.134. The van der Waals surface area contributed by atoms with Gasteiger partial charge in [-0.15, -0.1) is 0 Å². The van der Waals surface area contributed by atoms with Gasteiger partial charge in [0.15, 0.2) is 0 Å². The van der Waals surface area contributed by atoms with Crippen LogP contribution in [0.15, 0.2) is 0 Å². The van der Waals surface area contributed by atoms with Crippen LogP contribution in [0.1, 0.15) is 33.6 Å². The van der Waals surface area contributed by atoms with Crippen molar-refractivity contribution in [2.24, 2.45) is 5.92 Å². The van der Waals surface area contributed by atoms with Crippen molar-refractivity contribution in [2.45, 2.75) is 38.8 Å². The van der Waals surface area contributed by atoms with Crippen LogP contribution < -0.4 is 0 Å². The second-order valence-electron chi connectivity index (χ2n) is 5.02. The molecule has 0 aromatic carbocycles. The largest absolute Gasteiger partial charge is 0.481 e. The number of carboxylic acid groups (broad SMARTS) is 2. The third kappa shape index (κ3) is 5.33. The van der Waals surface area contributed by atoms with Crippen molar-refractivity contribution in [1.82, 2.24) is 0 Å². The molecule has 6 nitrogen and oxygen atoms in total. The van der Waals surface area contributed by atoms with E-state index in [4.69, 9.17) is 10.2 Å². The molecule has 0 aliphatic carbocycles. The molecule has 0 rings (SSSR count). The normalized spacial score (nSPS) is 17.2. The van der Waals surface area contributed by atoms with Crippen LogP contribution >= 0.6 is 7.37 Å². The predicted octanol–water partition coefficient (Wildman–Crippen LogP) is 1.62. The number of carbonyl (C=O) groups is 2. The molecular weight excluding hydrogens is 247 g/mol. The second kappa shape index (κ2) is 5.65. The molecule has 0 fully saturated rings. The fourth-order valence-corrected chi connectivity index (χ4v) is 2.65. The Kier molecular flexibility index (Phi) is 5.36. The zero-order chi connectivity index (χ0) is 13.9. The average molecular weight is 266 g/mol. The molecule has 2 atom stereocenters. The van der Waals surface area contributed by atoms with Gasteiger partial charge in [0.1, 0.15) is 0 Å². The monoisotopic (exact) mass is 266 g/mol. The molecule has 0 aliphatic heterocycles. The van der Waals surface area contributed by atoms with E-state index in [1.54, 1.807) is 20.8 Å². The molecule has 0 bridgehead atoms. The topological polar surface area (TPSA) is 112 Å². The number of rotatable bonds is 6. The van der Waals surface area contributed by atoms with Gasteiger partial charge in [0.25, 0.3) is 0 Å². The van der Waals surface area contributed by atoms with Crippen molar-refractivity contribution < 1.29 is 29.3 Å². The first-order valence-electron chi connectivity index (χ1n) is 5.24. The molecule has 0 radical (unpaired) electrons. The molecule has 17 heavy (non-hydrogen) atoms. The zero-order valence-electron chi connectivity index (χ0n) is 10.2. The van der Waals surface area contributed by atoms with Gasteiger partial charge in [0.2, 0.25) is 7.37 Å². The summed E-state index contributed by atoms with van der Waals surface area (Å²) in [5, 5.41) is 16.5. The van der Waals surface area contributed by atoms with Gasteiger partial charge in [0.05, 0.1) is 5.92 Å². The molecule has 7 heteroatoms. The van der Waals surface area contributed by atoms with Crippen molar-refractivity contribution >= 4 is 19.3 Å². The van der Waals surface area contributed by atoms with Crippen molar-refractivity contribution in [3.8, 4) is 0 Å². The Hall–Kier alpha value is -0.870. The van der Waals surface area contributed by atoms with Gasteiger partial charge in [-0.05, 0) is 6.42 Å². The first kappa shape index (κ1) is 16.1. The highest BCUT2D eigenvalue weighted by Crippen LogP contribution is 2.55. The molecule has 0 saturated heterocycles. The van der Waals surface area contributed by atoms with E-state index in [0.29, 0.717) is 0 Å². The Labute approximate surface area is 100 Å². The highest BCUT2D eigenvalue weighted by atomic mass is 31.2. The van der Waals surface area contributed by atoms with Crippen molar-refractivity contribution in [1.29, 1.82) is 0 Å². The second-order valence-corrected chi connectivity index (χ2v) is 8.13. The molecule has 0 heterocycles. The first-order valence-corrected chi connectivity index (χ1v) is 7.08. The Morgan fingerprint density at radius 1 is 1.24 bits per heavy atom. The van der Waals surface area contributed by atoms with Gasteiger partial charge in [-0.25, -0.2) is 0 Å². The Morgan fingerprint density at radius 3 is 2.00 bits per heavy atom. The molecule has 2 unspecified atom stereocenters. The number of hydrogen-bond acceptors (Lipinski definition) is 3. The third-order valence-corrected chi connectivity index (χ3v) is 5.60. The van der Waals surface area contributed by atoms with Crippen LogP contribution in [0.3, 0.4) is 0 Å². The standard InChI is InChI=1S/C10H19O6P/c1-10(2,3)17(15,16)6-7(9(13)14)4-5-8(11)12/h7H,4-6H2,1-3H3,(H,11,12)(H,13,14)(H,15,16). The summed E-state index contributed by atoms with van der Waals surface area (Å²) >= 11 is 0. The van der Waals surface area contributed by atoms with E-state index in [1.807, 2.05) is 0 Å². The van der Waals surface area contributed by atoms with Crippen molar-refractivity contribution in [2.75, 3.05) is 6.16 Å². The van der Waals surface area contributed by atoms with Crippen LogP contribution in [-0.4, -0.2) is 38.4 Å². The summed E-state index contributed by atoms with van der Waals surface area (Å²) < 4.78 is 11.9. The van der Waals surface area contributed by atoms with Gasteiger partial charge in [0, 0.05) is 17.7 Å². The molecule has 0 spiro atoms. The molecule has 0 aliphatic rings. The van der Waals surface area contributed by atoms with Crippen LogP contribution in [0.25, 0.3) is 0 Å². The molecule has 0 saturated carbocycles. The Bertz CT molecular complexity index is 343. The van der Waals surface area contributed by atoms with Gasteiger partial charge < -0.3 is 15.1 Å². The van der Waals surface area contributed by atoms with E-state index in [-0.39, 0.29) is 19.0 Å². The summed E-state index contributed by atoms with van der Waals surface area (Å²) in [7, 11) is -3.62. The molecule has 0 aromatic heterocycles. The maximum atomic E-state index is 11.9. The van der Waals surface area contributed by atoms with Crippen molar-refractivity contribution in [3.05, 3.63) is 0 Å². The SMILES string of the molecule is CC(C)(C)P(=O)(O)CC(CCC(=O)O)C(=O)O. The lowest BCUT2D eigenvalue weighted by molar-refractivity contribution is -0.142. The van der Waals surface area contributed by atoms with E-state index in [9.17, 15) is 19.0 Å². The van der Waals surface area contributed by atoms with E-state index in [2.05, 4.69) is 0 Å². The molecular formula is C10H19O6P. The fourth-order valence-electron chi connectivity index (χ4n) is 1.16. The lowest BCUT2D eigenvalue weighted by Gasteiger charge is -2.28. The van der Waals surface area contributed by atoms with Crippen LogP contribution in [0.4, 0.5) is 0 Å². The van der Waals surface area contributed by atoms with E-state index in [1.165, 1.54) is 0 Å². The smallest absolute Gasteiger partial charge is 0.307 e. The number of hydrogen-bond donors (Lipinski definition) is 3. The summed E-state index contributed by atoms with van der Waals surface area (Å²) in [6.07, 6.45) is -0.842. The Balaban J connectivity index is 4.72. The van der Waals surface area contributed by atoms with Gasteiger partial charge >= 0.3 is 11.9 Å². The summed E-state index contributed by atoms with van der Waals surface area (Å²) in [6.45, 7) is 4.68. The maximum absolute atomic E-state index is 11.9. The third-order valence-electron chi connectivity index (χ3n) is 2.57. The lowest BCUT2D eigenvalue weighted by atomic mass is 10.1. The average Bonchev–Trinajstić information content (AvgIpc) is 2.09. The van der Waals surface area contributed by atoms with Crippen LogP contribution in [-0.2, 0) is 14.2 Å². The Morgan fingerprint density at radius 2 is 1.71 bits per heavy atom. The lowest BCUT2D eigenvalue weighted by Crippen LogP contribution is -2.25. The maximum Gasteiger partial charge on any atom is 0.307 e. The number of aliphatic carboxylic acids is 2. The van der Waals surface area contributed by atoms with Crippen LogP contribution in [0.2, 0.25) is 0 Å². The minimum atomic E-state index is -3.62. The fraction of sp³-hybridized carbons (Fsp3) is 0.800. The van der Waals surface area contributed by atoms with Gasteiger partial charge in [-0.3, -0.25) is 14.2 Å². The summed E-state index contributed by atoms with van der Waals surface area (Å²) in [4.78, 5) is 31.0. The van der Waals surface area contributed by atoms with Crippen molar-refractivity contribution in [3.63, 3.8) is 0 Å². The molecule has 0 amide bonds. The molecule has 3 N–H and O–H groups in total. The summed E-state index contributed by atoms with van der Waals surface area (Å²) in [6, 6.07) is 0. The summed E-state index contributed by atoms with van der Waals surface area (Å²) in [5.41, 5.74) is 0. The quantitative estimate of drug-likeness (QED) is 0.630. The predicted molar refractivity (Wildman–Crippen MR) is 62.4 cm³/mol. The first-order chi connectivity index (χ1) is 7.47. The highest BCUT2D eigenvalue weighted by Gasteiger charge is 2.38. The van der Waals surface area contributed by atoms with E-state index < -0.39 is 30.4 Å². The highest BCUT2D eigenvalue weighted by molar-refractivity contribution is 7.59. The molecule has 0 aromatic rings. The van der Waals surface area contributed by atoms with Crippen LogP contribution in [0.5, 0.6) is 0 Å². The van der Waals surface area contributed by atoms with E-state index >= 15 is 0 Å². The number of carboxylic acids is 2. The zero-order valence-corrected chi connectivity index (χ0v) is 11.1. The molecule has 100 valence electrons.